The smallest absolute Gasteiger partial charge is 0.0930 e. The van der Waals surface area contributed by atoms with E-state index in [2.05, 4.69) is 18.8 Å². The van der Waals surface area contributed by atoms with Gasteiger partial charge in [-0.3, -0.25) is 0 Å². The molecule has 0 saturated carbocycles. The average molecular weight is 218 g/mol. The molecule has 1 heterocycles. The first-order chi connectivity index (χ1) is 6.20. The van der Waals surface area contributed by atoms with E-state index in [1.54, 1.807) is 11.3 Å². The lowest BCUT2D eigenvalue weighted by Gasteiger charge is -2.25. The zero-order valence-electron chi connectivity index (χ0n) is 8.22. The molecule has 1 nitrogen and oxygen atoms in total. The first kappa shape index (κ1) is 11.0. The van der Waals surface area contributed by atoms with Gasteiger partial charge in [-0.1, -0.05) is 20.3 Å². The SMILES string of the molecule is CCCC(C)(CCl)Cc1nccs1. The van der Waals surface area contributed by atoms with Crippen LogP contribution in [0.15, 0.2) is 11.6 Å². The van der Waals surface area contributed by atoms with Crippen LogP contribution >= 0.6 is 22.9 Å². The summed E-state index contributed by atoms with van der Waals surface area (Å²) < 4.78 is 0. The van der Waals surface area contributed by atoms with E-state index in [1.807, 2.05) is 11.6 Å². The fourth-order valence-electron chi connectivity index (χ4n) is 1.51. The van der Waals surface area contributed by atoms with E-state index < -0.39 is 0 Å². The summed E-state index contributed by atoms with van der Waals surface area (Å²) in [6, 6.07) is 0. The minimum absolute atomic E-state index is 0.230. The topological polar surface area (TPSA) is 12.9 Å². The van der Waals surface area contributed by atoms with E-state index in [0.717, 1.165) is 12.3 Å². The van der Waals surface area contributed by atoms with Crippen molar-refractivity contribution in [3.8, 4) is 0 Å². The van der Waals surface area contributed by atoms with Gasteiger partial charge in [-0.2, -0.15) is 0 Å². The highest BCUT2D eigenvalue weighted by atomic mass is 35.5. The molecule has 1 atom stereocenters. The van der Waals surface area contributed by atoms with Crippen molar-refractivity contribution in [2.24, 2.45) is 5.41 Å². The van der Waals surface area contributed by atoms with Gasteiger partial charge in [-0.25, -0.2) is 4.98 Å². The Kier molecular flexibility index (Phi) is 4.20. The molecule has 0 aromatic carbocycles. The summed E-state index contributed by atoms with van der Waals surface area (Å²) in [4.78, 5) is 4.29. The number of alkyl halides is 1. The van der Waals surface area contributed by atoms with E-state index in [1.165, 1.54) is 17.8 Å². The van der Waals surface area contributed by atoms with Gasteiger partial charge >= 0.3 is 0 Å². The van der Waals surface area contributed by atoms with E-state index >= 15 is 0 Å². The van der Waals surface area contributed by atoms with E-state index in [0.29, 0.717) is 0 Å². The maximum atomic E-state index is 5.98. The fourth-order valence-corrected chi connectivity index (χ4v) is 2.57. The molecule has 0 saturated heterocycles. The second-order valence-electron chi connectivity index (χ2n) is 3.80. The Hall–Kier alpha value is -0.0800. The fraction of sp³-hybridized carbons (Fsp3) is 0.700. The molecule has 0 spiro atoms. The molecule has 74 valence electrons. The van der Waals surface area contributed by atoms with Crippen molar-refractivity contribution >= 4 is 22.9 Å². The lowest BCUT2D eigenvalue weighted by atomic mass is 9.85. The van der Waals surface area contributed by atoms with Gasteiger partial charge < -0.3 is 0 Å². The van der Waals surface area contributed by atoms with Crippen LogP contribution in [0.3, 0.4) is 0 Å². The molecule has 0 radical (unpaired) electrons. The van der Waals surface area contributed by atoms with E-state index in [9.17, 15) is 0 Å². The van der Waals surface area contributed by atoms with Crippen molar-refractivity contribution in [1.82, 2.24) is 4.98 Å². The largest absolute Gasteiger partial charge is 0.250 e. The van der Waals surface area contributed by atoms with Gasteiger partial charge in [0.1, 0.15) is 0 Å². The molecule has 0 aliphatic heterocycles. The number of nitrogens with zero attached hydrogens (tertiary/aromatic N) is 1. The van der Waals surface area contributed by atoms with Gasteiger partial charge in [0.15, 0.2) is 0 Å². The highest BCUT2D eigenvalue weighted by Gasteiger charge is 2.23. The van der Waals surface area contributed by atoms with E-state index in [4.69, 9.17) is 11.6 Å². The molecule has 0 bridgehead atoms. The molecular formula is C10H16ClNS. The van der Waals surface area contributed by atoms with Gasteiger partial charge in [0, 0.05) is 23.9 Å². The predicted octanol–water partition coefficient (Wildman–Crippen LogP) is 3.73. The first-order valence-corrected chi connectivity index (χ1v) is 6.06. The predicted molar refractivity (Wildman–Crippen MR) is 59.6 cm³/mol. The molecule has 1 rings (SSSR count). The van der Waals surface area contributed by atoms with Crippen LogP contribution in [-0.2, 0) is 6.42 Å². The summed E-state index contributed by atoms with van der Waals surface area (Å²) in [6.45, 7) is 4.44. The normalized spacial score (nSPS) is 15.6. The molecular weight excluding hydrogens is 202 g/mol. The van der Waals surface area contributed by atoms with Gasteiger partial charge in [0.2, 0.25) is 0 Å². The Balaban J connectivity index is 2.58. The minimum atomic E-state index is 0.230. The van der Waals surface area contributed by atoms with Crippen LogP contribution in [0.1, 0.15) is 31.7 Å². The molecule has 1 aromatic heterocycles. The molecule has 13 heavy (non-hydrogen) atoms. The standard InChI is InChI=1S/C10H16ClNS/c1-3-4-10(2,8-11)7-9-12-5-6-13-9/h5-6H,3-4,7-8H2,1-2H3. The van der Waals surface area contributed by atoms with Gasteiger partial charge in [-0.05, 0) is 11.8 Å². The van der Waals surface area contributed by atoms with Crippen LogP contribution in [0.5, 0.6) is 0 Å². The van der Waals surface area contributed by atoms with E-state index in [-0.39, 0.29) is 5.41 Å². The van der Waals surface area contributed by atoms with Crippen molar-refractivity contribution < 1.29 is 0 Å². The average Bonchev–Trinajstić information content (AvgIpc) is 2.57. The molecule has 1 aromatic rings. The second-order valence-corrected chi connectivity index (χ2v) is 5.04. The molecule has 0 aliphatic carbocycles. The van der Waals surface area contributed by atoms with Crippen molar-refractivity contribution in [3.05, 3.63) is 16.6 Å². The van der Waals surface area contributed by atoms with Crippen LogP contribution in [0.25, 0.3) is 0 Å². The molecule has 3 heteroatoms. The van der Waals surface area contributed by atoms with Crippen LogP contribution in [0.4, 0.5) is 0 Å². The van der Waals surface area contributed by atoms with Crippen LogP contribution in [-0.4, -0.2) is 10.9 Å². The van der Waals surface area contributed by atoms with Gasteiger partial charge in [0.05, 0.1) is 5.01 Å². The Morgan fingerprint density at radius 3 is 2.85 bits per heavy atom. The third-order valence-corrected chi connectivity index (χ3v) is 3.66. The summed E-state index contributed by atoms with van der Waals surface area (Å²) in [5.74, 6) is 0.723. The monoisotopic (exact) mass is 217 g/mol. The zero-order chi connectivity index (χ0) is 9.73. The third-order valence-electron chi connectivity index (χ3n) is 2.24. The Labute approximate surface area is 89.1 Å². The molecule has 0 fully saturated rings. The number of thiazole rings is 1. The number of aromatic nitrogens is 1. The Morgan fingerprint density at radius 1 is 1.62 bits per heavy atom. The minimum Gasteiger partial charge on any atom is -0.250 e. The molecule has 1 unspecified atom stereocenters. The van der Waals surface area contributed by atoms with Crippen molar-refractivity contribution in [1.29, 1.82) is 0 Å². The summed E-state index contributed by atoms with van der Waals surface area (Å²) in [5.41, 5.74) is 0.230. The van der Waals surface area contributed by atoms with Crippen molar-refractivity contribution in [2.45, 2.75) is 33.1 Å². The summed E-state index contributed by atoms with van der Waals surface area (Å²) in [6.07, 6.45) is 5.24. The molecule has 0 N–H and O–H groups in total. The lowest BCUT2D eigenvalue weighted by molar-refractivity contribution is 0.334. The Bertz CT molecular complexity index is 235. The van der Waals surface area contributed by atoms with Crippen LogP contribution < -0.4 is 0 Å². The number of hydrogen-bond donors (Lipinski definition) is 0. The quantitative estimate of drug-likeness (QED) is 0.685. The molecule has 0 aliphatic rings. The highest BCUT2D eigenvalue weighted by Crippen LogP contribution is 2.30. The summed E-state index contributed by atoms with van der Waals surface area (Å²) in [5, 5.41) is 3.23. The maximum Gasteiger partial charge on any atom is 0.0930 e. The zero-order valence-corrected chi connectivity index (χ0v) is 9.79. The van der Waals surface area contributed by atoms with Crippen LogP contribution in [0, 0.1) is 5.41 Å². The Morgan fingerprint density at radius 2 is 2.38 bits per heavy atom. The molecule has 0 amide bonds. The van der Waals surface area contributed by atoms with Crippen LogP contribution in [0.2, 0.25) is 0 Å². The van der Waals surface area contributed by atoms with Gasteiger partial charge in [0.25, 0.3) is 0 Å². The summed E-state index contributed by atoms with van der Waals surface area (Å²) >= 11 is 7.70. The lowest BCUT2D eigenvalue weighted by Crippen LogP contribution is -2.21. The van der Waals surface area contributed by atoms with Crippen molar-refractivity contribution in [2.75, 3.05) is 5.88 Å². The van der Waals surface area contributed by atoms with Crippen molar-refractivity contribution in [3.63, 3.8) is 0 Å². The second kappa shape index (κ2) is 4.97. The maximum absolute atomic E-state index is 5.98. The first-order valence-electron chi connectivity index (χ1n) is 4.64. The highest BCUT2D eigenvalue weighted by molar-refractivity contribution is 7.09. The number of rotatable bonds is 5. The summed E-state index contributed by atoms with van der Waals surface area (Å²) in [7, 11) is 0. The number of hydrogen-bond acceptors (Lipinski definition) is 2. The third kappa shape index (κ3) is 3.28. The number of halogens is 1. The van der Waals surface area contributed by atoms with Gasteiger partial charge in [-0.15, -0.1) is 22.9 Å².